The number of benzene rings is 1. The van der Waals surface area contributed by atoms with Crippen LogP contribution >= 0.6 is 0 Å². The average Bonchev–Trinajstić information content (AvgIpc) is 3.40. The van der Waals surface area contributed by atoms with Crippen LogP contribution in [0, 0.1) is 22.7 Å². The van der Waals surface area contributed by atoms with Crippen molar-refractivity contribution in [2.75, 3.05) is 6.54 Å². The maximum Gasteiger partial charge on any atom is 0.240 e. The summed E-state index contributed by atoms with van der Waals surface area (Å²) in [5.74, 6) is 0.565. The van der Waals surface area contributed by atoms with Gasteiger partial charge in [-0.2, -0.15) is 10.5 Å². The van der Waals surface area contributed by atoms with Crippen LogP contribution < -0.4 is 10.5 Å². The van der Waals surface area contributed by atoms with Crippen LogP contribution in [0.2, 0.25) is 0 Å². The van der Waals surface area contributed by atoms with E-state index in [2.05, 4.69) is 22.1 Å². The van der Waals surface area contributed by atoms with Gasteiger partial charge in [-0.25, -0.2) is 4.98 Å². The minimum atomic E-state index is -0.733. The van der Waals surface area contributed by atoms with Crippen LogP contribution in [0.15, 0.2) is 42.7 Å². The van der Waals surface area contributed by atoms with Crippen molar-refractivity contribution in [3.8, 4) is 23.8 Å². The molecule has 150 valence electrons. The molecular weight excluding hydrogens is 380 g/mol. The Morgan fingerprint density at radius 2 is 2.27 bits per heavy atom. The van der Waals surface area contributed by atoms with E-state index in [1.165, 1.54) is 0 Å². The van der Waals surface area contributed by atoms with Gasteiger partial charge < -0.3 is 20.4 Å². The maximum absolute atomic E-state index is 12.7. The highest BCUT2D eigenvalue weighted by Gasteiger charge is 2.31. The van der Waals surface area contributed by atoms with Crippen LogP contribution in [0.3, 0.4) is 0 Å². The Kier molecular flexibility index (Phi) is 5.34. The van der Waals surface area contributed by atoms with Crippen LogP contribution in [-0.2, 0) is 11.2 Å². The molecule has 0 radical (unpaired) electrons. The van der Waals surface area contributed by atoms with Crippen LogP contribution in [0.5, 0.6) is 11.6 Å². The summed E-state index contributed by atoms with van der Waals surface area (Å²) >= 11 is 0. The number of nitrogens with two attached hydrogens (primary N) is 1. The van der Waals surface area contributed by atoms with E-state index in [0.29, 0.717) is 30.7 Å². The van der Waals surface area contributed by atoms with Gasteiger partial charge in [0.05, 0.1) is 12.1 Å². The second-order valence-electron chi connectivity index (χ2n) is 7.22. The number of likely N-dealkylation sites (tertiary alicyclic amines) is 1. The first kappa shape index (κ1) is 19.4. The van der Waals surface area contributed by atoms with Crippen molar-refractivity contribution in [1.29, 1.82) is 10.5 Å². The van der Waals surface area contributed by atoms with Crippen molar-refractivity contribution in [1.82, 2.24) is 14.9 Å². The highest BCUT2D eigenvalue weighted by atomic mass is 16.5. The van der Waals surface area contributed by atoms with Gasteiger partial charge in [-0.3, -0.25) is 4.79 Å². The van der Waals surface area contributed by atoms with Crippen molar-refractivity contribution in [3.63, 3.8) is 0 Å². The van der Waals surface area contributed by atoms with E-state index in [0.717, 1.165) is 22.9 Å². The molecule has 1 aromatic carbocycles. The number of ether oxygens (including phenoxy) is 1. The Morgan fingerprint density at radius 1 is 1.40 bits per heavy atom. The number of carbonyl (C=O) groups excluding carboxylic acids is 1. The Hall–Kier alpha value is -3.88. The van der Waals surface area contributed by atoms with Gasteiger partial charge in [0, 0.05) is 29.8 Å². The summed E-state index contributed by atoms with van der Waals surface area (Å²) in [6.45, 7) is 0.571. The molecule has 30 heavy (non-hydrogen) atoms. The van der Waals surface area contributed by atoms with Gasteiger partial charge in [-0.05, 0) is 55.2 Å². The standard InChI is InChI=1S/C22H20N6O2/c23-11-14-3-1-7-26-21(14)30-17-5-6-20-18(10-17)15(13-27-20)9-19(25)22(29)28-8-2-4-16(28)12-24/h1,3,5-7,10,13,16,19,27H,2,4,8-9,25H2/t16-,19-/m0/s1. The number of carbonyl (C=O) groups is 1. The Labute approximate surface area is 173 Å². The summed E-state index contributed by atoms with van der Waals surface area (Å²) in [7, 11) is 0. The first-order valence-electron chi connectivity index (χ1n) is 9.69. The molecule has 2 atom stereocenters. The normalized spacial score (nSPS) is 16.8. The number of aromatic nitrogens is 2. The molecule has 2 aromatic heterocycles. The molecule has 1 saturated heterocycles. The number of rotatable bonds is 5. The number of pyridine rings is 1. The number of hydrogen-bond acceptors (Lipinski definition) is 6. The van der Waals surface area contributed by atoms with E-state index >= 15 is 0 Å². The first-order valence-corrected chi connectivity index (χ1v) is 9.69. The fourth-order valence-corrected chi connectivity index (χ4v) is 3.76. The van der Waals surface area contributed by atoms with Crippen molar-refractivity contribution < 1.29 is 9.53 Å². The molecule has 0 bridgehead atoms. The van der Waals surface area contributed by atoms with Crippen molar-refractivity contribution in [2.24, 2.45) is 5.73 Å². The predicted octanol–water partition coefficient (Wildman–Crippen LogP) is 2.61. The summed E-state index contributed by atoms with van der Waals surface area (Å²) in [5.41, 5.74) is 8.31. The number of nitrogens with zero attached hydrogens (tertiary/aromatic N) is 4. The van der Waals surface area contributed by atoms with Crippen LogP contribution in [0.25, 0.3) is 10.9 Å². The monoisotopic (exact) mass is 400 g/mol. The smallest absolute Gasteiger partial charge is 0.240 e. The zero-order valence-electron chi connectivity index (χ0n) is 16.2. The number of amides is 1. The minimum Gasteiger partial charge on any atom is -0.438 e. The highest BCUT2D eigenvalue weighted by Crippen LogP contribution is 2.29. The zero-order chi connectivity index (χ0) is 21.1. The summed E-state index contributed by atoms with van der Waals surface area (Å²) in [6.07, 6.45) is 5.25. The molecule has 1 aliphatic heterocycles. The van der Waals surface area contributed by atoms with Gasteiger partial charge in [0.2, 0.25) is 11.8 Å². The average molecular weight is 400 g/mol. The van der Waals surface area contributed by atoms with Crippen molar-refractivity contribution in [2.45, 2.75) is 31.3 Å². The number of H-pyrrole nitrogens is 1. The highest BCUT2D eigenvalue weighted by molar-refractivity contribution is 5.87. The molecule has 0 spiro atoms. The first-order chi connectivity index (χ1) is 14.6. The summed E-state index contributed by atoms with van der Waals surface area (Å²) in [6, 6.07) is 11.9. The van der Waals surface area contributed by atoms with Gasteiger partial charge >= 0.3 is 0 Å². The number of nitrogens with one attached hydrogen (secondary N) is 1. The lowest BCUT2D eigenvalue weighted by Crippen LogP contribution is -2.46. The molecule has 4 rings (SSSR count). The summed E-state index contributed by atoms with van der Waals surface area (Å²) < 4.78 is 5.81. The predicted molar refractivity (Wildman–Crippen MR) is 109 cm³/mol. The molecule has 3 aromatic rings. The lowest BCUT2D eigenvalue weighted by molar-refractivity contribution is -0.132. The summed E-state index contributed by atoms with van der Waals surface area (Å²) in [5, 5.41) is 19.3. The number of hydrogen-bond donors (Lipinski definition) is 2. The SMILES string of the molecule is N#Cc1cccnc1Oc1ccc2[nH]cc(C[C@H](N)C(=O)N3CCC[C@H]3C#N)c2c1. The van der Waals surface area contributed by atoms with E-state index in [1.807, 2.05) is 18.3 Å². The molecule has 8 nitrogen and oxygen atoms in total. The van der Waals surface area contributed by atoms with Crippen LogP contribution in [0.1, 0.15) is 24.0 Å². The Morgan fingerprint density at radius 3 is 3.07 bits per heavy atom. The summed E-state index contributed by atoms with van der Waals surface area (Å²) in [4.78, 5) is 21.6. The second kappa shape index (κ2) is 8.24. The lowest BCUT2D eigenvalue weighted by atomic mass is 10.0. The molecule has 1 aliphatic rings. The van der Waals surface area contributed by atoms with E-state index in [1.54, 1.807) is 29.3 Å². The van der Waals surface area contributed by atoms with Gasteiger partial charge in [0.25, 0.3) is 0 Å². The zero-order valence-corrected chi connectivity index (χ0v) is 16.2. The molecule has 1 fully saturated rings. The van der Waals surface area contributed by atoms with E-state index in [-0.39, 0.29) is 17.8 Å². The van der Waals surface area contributed by atoms with Gasteiger partial charge in [-0.15, -0.1) is 0 Å². The van der Waals surface area contributed by atoms with Gasteiger partial charge in [-0.1, -0.05) is 0 Å². The Bertz CT molecular complexity index is 1170. The maximum atomic E-state index is 12.7. The molecule has 3 heterocycles. The largest absolute Gasteiger partial charge is 0.438 e. The van der Waals surface area contributed by atoms with E-state index in [4.69, 9.17) is 10.5 Å². The van der Waals surface area contributed by atoms with Crippen LogP contribution in [-0.4, -0.2) is 39.4 Å². The topological polar surface area (TPSA) is 132 Å². The van der Waals surface area contributed by atoms with E-state index in [9.17, 15) is 15.3 Å². The number of aromatic amines is 1. The molecular formula is C22H20N6O2. The minimum absolute atomic E-state index is 0.201. The molecule has 0 aliphatic carbocycles. The second-order valence-corrected chi connectivity index (χ2v) is 7.22. The fourth-order valence-electron chi connectivity index (χ4n) is 3.76. The van der Waals surface area contributed by atoms with Crippen LogP contribution in [0.4, 0.5) is 0 Å². The Balaban J connectivity index is 1.55. The molecule has 3 N–H and O–H groups in total. The van der Waals surface area contributed by atoms with Gasteiger partial charge in [0.1, 0.15) is 23.4 Å². The third-order valence-corrected chi connectivity index (χ3v) is 5.29. The third-order valence-electron chi connectivity index (χ3n) is 5.29. The molecule has 1 amide bonds. The molecule has 8 heteroatoms. The van der Waals surface area contributed by atoms with Crippen molar-refractivity contribution >= 4 is 16.8 Å². The fraction of sp³-hybridized carbons (Fsp3) is 0.273. The molecule has 0 saturated carbocycles. The van der Waals surface area contributed by atoms with Gasteiger partial charge in [0.15, 0.2) is 0 Å². The van der Waals surface area contributed by atoms with Crippen molar-refractivity contribution in [3.05, 3.63) is 53.9 Å². The lowest BCUT2D eigenvalue weighted by Gasteiger charge is -2.23. The van der Waals surface area contributed by atoms with E-state index < -0.39 is 6.04 Å². The third kappa shape index (κ3) is 3.69. The quantitative estimate of drug-likeness (QED) is 0.676. The number of fused-ring (bicyclic) bond motifs is 1. The molecule has 0 unspecified atom stereocenters. The number of nitriles is 2.